The minimum atomic E-state index is -3.88. The third-order valence-corrected chi connectivity index (χ3v) is 7.10. The van der Waals surface area contributed by atoms with Crippen LogP contribution < -0.4 is 4.90 Å². The van der Waals surface area contributed by atoms with Gasteiger partial charge in [0.2, 0.25) is 15.7 Å². The predicted octanol–water partition coefficient (Wildman–Crippen LogP) is 2.68. The molecule has 1 saturated heterocycles. The number of nitriles is 1. The van der Waals surface area contributed by atoms with Gasteiger partial charge in [-0.25, -0.2) is 13.4 Å². The molecule has 9 nitrogen and oxygen atoms in total. The van der Waals surface area contributed by atoms with Crippen molar-refractivity contribution in [1.82, 2.24) is 9.29 Å². The van der Waals surface area contributed by atoms with Gasteiger partial charge in [0.15, 0.2) is 0 Å². The van der Waals surface area contributed by atoms with E-state index in [4.69, 9.17) is 28.5 Å². The van der Waals surface area contributed by atoms with Gasteiger partial charge < -0.3 is 4.90 Å². The van der Waals surface area contributed by atoms with Crippen LogP contribution in [0, 0.1) is 21.4 Å². The van der Waals surface area contributed by atoms with E-state index in [9.17, 15) is 18.5 Å². The van der Waals surface area contributed by atoms with Crippen LogP contribution in [0.15, 0.2) is 35.2 Å². The first kappa shape index (κ1) is 20.3. The Hall–Kier alpha value is -2.45. The minimum Gasteiger partial charge on any atom is -0.354 e. The van der Waals surface area contributed by atoms with Crippen molar-refractivity contribution in [2.45, 2.75) is 4.90 Å². The SMILES string of the molecule is N#Cc1nc(N2CCN(S(=O)(=O)c3c(Cl)cccc3Cl)CC2)ccc1[N+](=O)[O-]. The molecule has 1 aromatic heterocycles. The van der Waals surface area contributed by atoms with Crippen molar-refractivity contribution in [3.05, 3.63) is 56.2 Å². The van der Waals surface area contributed by atoms with E-state index in [0.29, 0.717) is 5.82 Å². The lowest BCUT2D eigenvalue weighted by atomic mass is 10.3. The molecule has 0 spiro atoms. The van der Waals surface area contributed by atoms with Crippen molar-refractivity contribution in [2.24, 2.45) is 0 Å². The maximum absolute atomic E-state index is 12.9. The summed E-state index contributed by atoms with van der Waals surface area (Å²) in [5, 5.41) is 20.1. The molecule has 1 fully saturated rings. The molecule has 1 aliphatic heterocycles. The Labute approximate surface area is 170 Å². The lowest BCUT2D eigenvalue weighted by molar-refractivity contribution is -0.385. The second-order valence-corrected chi connectivity index (χ2v) is 8.54. The van der Waals surface area contributed by atoms with Crippen LogP contribution in [0.3, 0.4) is 0 Å². The van der Waals surface area contributed by atoms with E-state index in [1.807, 2.05) is 0 Å². The number of rotatable bonds is 4. The van der Waals surface area contributed by atoms with Gasteiger partial charge in [-0.15, -0.1) is 0 Å². The number of anilines is 1. The summed E-state index contributed by atoms with van der Waals surface area (Å²) >= 11 is 12.1. The van der Waals surface area contributed by atoms with E-state index in [2.05, 4.69) is 4.98 Å². The highest BCUT2D eigenvalue weighted by atomic mass is 35.5. The van der Waals surface area contributed by atoms with Crippen LogP contribution >= 0.6 is 23.2 Å². The predicted molar refractivity (Wildman–Crippen MR) is 103 cm³/mol. The Morgan fingerprint density at radius 1 is 1.11 bits per heavy atom. The average molecular weight is 442 g/mol. The summed E-state index contributed by atoms with van der Waals surface area (Å²) in [5.74, 6) is 0.370. The number of nitro groups is 1. The first-order valence-corrected chi connectivity index (χ1v) is 10.2. The fraction of sp³-hybridized carbons (Fsp3) is 0.250. The van der Waals surface area contributed by atoms with Crippen LogP contribution in [0.4, 0.5) is 11.5 Å². The average Bonchev–Trinajstić information content (AvgIpc) is 2.67. The fourth-order valence-corrected chi connectivity index (χ4v) is 5.38. The van der Waals surface area contributed by atoms with Crippen molar-refractivity contribution in [1.29, 1.82) is 5.26 Å². The molecule has 28 heavy (non-hydrogen) atoms. The smallest absolute Gasteiger partial charge is 0.305 e. The minimum absolute atomic E-state index is 0.0469. The Bertz CT molecular complexity index is 1060. The number of aromatic nitrogens is 1. The van der Waals surface area contributed by atoms with Crippen LogP contribution in [0.2, 0.25) is 10.0 Å². The lowest BCUT2D eigenvalue weighted by Gasteiger charge is -2.34. The quantitative estimate of drug-likeness (QED) is 0.527. The zero-order valence-electron chi connectivity index (χ0n) is 14.2. The molecule has 2 heterocycles. The maximum Gasteiger partial charge on any atom is 0.305 e. The van der Waals surface area contributed by atoms with E-state index in [1.54, 1.807) is 17.0 Å². The molecule has 0 saturated carbocycles. The maximum atomic E-state index is 12.9. The summed E-state index contributed by atoms with van der Waals surface area (Å²) in [6.45, 7) is 0.864. The van der Waals surface area contributed by atoms with Crippen molar-refractivity contribution >= 4 is 44.7 Å². The van der Waals surface area contributed by atoms with Crippen LogP contribution in [0.5, 0.6) is 0 Å². The van der Waals surface area contributed by atoms with Crippen LogP contribution in [0.25, 0.3) is 0 Å². The van der Waals surface area contributed by atoms with Gasteiger partial charge in [-0.05, 0) is 18.2 Å². The number of hydrogen-bond acceptors (Lipinski definition) is 7. The molecular weight excluding hydrogens is 429 g/mol. The standard InChI is InChI=1S/C16H13Cl2N5O4S/c17-11-2-1-3-12(18)16(11)28(26,27)22-8-6-21(7-9-22)15-5-4-14(23(24)25)13(10-19)20-15/h1-5H,6-9H2. The Morgan fingerprint density at radius 2 is 1.71 bits per heavy atom. The van der Waals surface area contributed by atoms with Gasteiger partial charge in [0, 0.05) is 32.2 Å². The number of benzene rings is 1. The third-order valence-electron chi connectivity index (χ3n) is 4.24. The van der Waals surface area contributed by atoms with Crippen molar-refractivity contribution in [3.8, 4) is 6.07 Å². The highest BCUT2D eigenvalue weighted by Crippen LogP contribution is 2.32. The summed E-state index contributed by atoms with van der Waals surface area (Å²) in [4.78, 5) is 15.9. The number of pyridine rings is 1. The molecule has 0 bridgehead atoms. The van der Waals surface area contributed by atoms with Crippen molar-refractivity contribution < 1.29 is 13.3 Å². The Balaban J connectivity index is 1.80. The molecule has 1 aromatic carbocycles. The molecular formula is C16H13Cl2N5O4S. The fourth-order valence-electron chi connectivity index (χ4n) is 2.86. The molecule has 2 aromatic rings. The molecule has 0 atom stereocenters. The van der Waals surface area contributed by atoms with E-state index in [1.165, 1.54) is 28.6 Å². The van der Waals surface area contributed by atoms with Crippen LogP contribution in [-0.2, 0) is 10.0 Å². The van der Waals surface area contributed by atoms with Gasteiger partial charge in [-0.1, -0.05) is 29.3 Å². The van der Waals surface area contributed by atoms with Crippen molar-refractivity contribution in [2.75, 3.05) is 31.1 Å². The summed E-state index contributed by atoms with van der Waals surface area (Å²) < 4.78 is 27.1. The van der Waals surface area contributed by atoms with Gasteiger partial charge in [0.1, 0.15) is 16.8 Å². The largest absolute Gasteiger partial charge is 0.354 e. The number of hydrogen-bond donors (Lipinski definition) is 0. The first-order valence-electron chi connectivity index (χ1n) is 8.00. The number of halogens is 2. The Morgan fingerprint density at radius 3 is 2.25 bits per heavy atom. The molecule has 146 valence electrons. The summed E-state index contributed by atoms with van der Waals surface area (Å²) in [6, 6.07) is 8.85. The zero-order chi connectivity index (χ0) is 20.5. The second kappa shape index (κ2) is 7.89. The van der Waals surface area contributed by atoms with Crippen molar-refractivity contribution in [3.63, 3.8) is 0 Å². The molecule has 1 aliphatic rings. The van der Waals surface area contributed by atoms with Crippen LogP contribution in [0.1, 0.15) is 5.69 Å². The molecule has 12 heteroatoms. The van der Waals surface area contributed by atoms with Gasteiger partial charge in [0.05, 0.1) is 15.0 Å². The lowest BCUT2D eigenvalue weighted by Crippen LogP contribution is -2.49. The number of sulfonamides is 1. The Kier molecular flexibility index (Phi) is 5.71. The molecule has 0 radical (unpaired) electrons. The summed E-state index contributed by atoms with van der Waals surface area (Å²) in [5.41, 5.74) is -0.666. The highest BCUT2D eigenvalue weighted by molar-refractivity contribution is 7.89. The molecule has 0 unspecified atom stereocenters. The van der Waals surface area contributed by atoms with E-state index < -0.39 is 14.9 Å². The van der Waals surface area contributed by atoms with Crippen LogP contribution in [-0.4, -0.2) is 48.8 Å². The summed E-state index contributed by atoms with van der Waals surface area (Å²) in [7, 11) is -3.88. The summed E-state index contributed by atoms with van der Waals surface area (Å²) in [6.07, 6.45) is 0. The van der Waals surface area contributed by atoms with Gasteiger partial charge >= 0.3 is 5.69 Å². The molecule has 0 amide bonds. The highest BCUT2D eigenvalue weighted by Gasteiger charge is 2.32. The molecule has 0 aliphatic carbocycles. The topological polar surface area (TPSA) is 120 Å². The van der Waals surface area contributed by atoms with E-state index in [0.717, 1.165) is 0 Å². The monoisotopic (exact) mass is 441 g/mol. The first-order chi connectivity index (χ1) is 13.3. The molecule has 3 rings (SSSR count). The zero-order valence-corrected chi connectivity index (χ0v) is 16.6. The van der Waals surface area contributed by atoms with Gasteiger partial charge in [0.25, 0.3) is 0 Å². The molecule has 0 N–H and O–H groups in total. The second-order valence-electron chi connectivity index (χ2n) is 5.85. The van der Waals surface area contributed by atoms with E-state index >= 15 is 0 Å². The number of piperazine rings is 1. The van der Waals surface area contributed by atoms with Gasteiger partial charge in [-0.2, -0.15) is 9.57 Å². The normalized spacial score (nSPS) is 15.2. The van der Waals surface area contributed by atoms with E-state index in [-0.39, 0.29) is 52.5 Å². The number of nitrogens with zero attached hydrogens (tertiary/aromatic N) is 5. The van der Waals surface area contributed by atoms with Gasteiger partial charge in [-0.3, -0.25) is 10.1 Å². The third kappa shape index (κ3) is 3.74.